The molecule has 2 aromatic rings. The average Bonchev–Trinajstić information content (AvgIpc) is 2.40. The van der Waals surface area contributed by atoms with Crippen LogP contribution in [0.15, 0.2) is 59.1 Å². The zero-order chi connectivity index (χ0) is 13.0. The van der Waals surface area contributed by atoms with Gasteiger partial charge in [0.25, 0.3) is 0 Å². The van der Waals surface area contributed by atoms with Crippen molar-refractivity contribution >= 4 is 27.5 Å². The van der Waals surface area contributed by atoms with Gasteiger partial charge in [-0.1, -0.05) is 58.4 Å². The summed E-state index contributed by atoms with van der Waals surface area (Å²) in [6.45, 7) is 0. The summed E-state index contributed by atoms with van der Waals surface area (Å²) in [5, 5.41) is 0. The van der Waals surface area contributed by atoms with Gasteiger partial charge >= 0.3 is 0 Å². The van der Waals surface area contributed by atoms with E-state index in [9.17, 15) is 9.59 Å². The van der Waals surface area contributed by atoms with Crippen LogP contribution in [0.5, 0.6) is 0 Å². The summed E-state index contributed by atoms with van der Waals surface area (Å²) in [6, 6.07) is 15.9. The molecule has 0 aliphatic carbocycles. The molecule has 3 heteroatoms. The van der Waals surface area contributed by atoms with Gasteiger partial charge in [0.1, 0.15) is 0 Å². The average molecular weight is 303 g/mol. The maximum Gasteiger partial charge on any atom is 0.170 e. The number of rotatable bonds is 4. The fraction of sp³-hybridized carbons (Fsp3) is 0.0667. The lowest BCUT2D eigenvalue weighted by atomic mass is 10.0. The van der Waals surface area contributed by atoms with E-state index in [-0.39, 0.29) is 18.0 Å². The van der Waals surface area contributed by atoms with Crippen molar-refractivity contribution in [1.82, 2.24) is 0 Å². The van der Waals surface area contributed by atoms with E-state index in [2.05, 4.69) is 15.9 Å². The number of hydrogen-bond acceptors (Lipinski definition) is 2. The Kier molecular flexibility index (Phi) is 4.05. The van der Waals surface area contributed by atoms with Crippen molar-refractivity contribution in [3.63, 3.8) is 0 Å². The number of Topliss-reactive ketones (excluding diaryl/α,β-unsaturated/α-hetero) is 2. The highest BCUT2D eigenvalue weighted by atomic mass is 79.9. The molecular formula is C15H11BrO2. The van der Waals surface area contributed by atoms with Crippen molar-refractivity contribution in [1.29, 1.82) is 0 Å². The van der Waals surface area contributed by atoms with Crippen molar-refractivity contribution in [3.05, 3.63) is 70.2 Å². The normalized spacial score (nSPS) is 10.1. The summed E-state index contributed by atoms with van der Waals surface area (Å²) >= 11 is 3.30. The summed E-state index contributed by atoms with van der Waals surface area (Å²) in [7, 11) is 0. The number of ketones is 2. The minimum atomic E-state index is -0.156. The van der Waals surface area contributed by atoms with Crippen LogP contribution >= 0.6 is 15.9 Å². The van der Waals surface area contributed by atoms with Crippen molar-refractivity contribution in [2.45, 2.75) is 6.42 Å². The Balaban J connectivity index is 2.08. The number of carbonyl (C=O) groups excluding carboxylic acids is 2. The second-order valence-electron chi connectivity index (χ2n) is 3.90. The van der Waals surface area contributed by atoms with Crippen LogP contribution in [0.4, 0.5) is 0 Å². The molecular weight excluding hydrogens is 292 g/mol. The summed E-state index contributed by atoms with van der Waals surface area (Å²) in [5.74, 6) is -0.306. The minimum Gasteiger partial charge on any atom is -0.294 e. The molecule has 0 saturated carbocycles. The van der Waals surface area contributed by atoms with Crippen LogP contribution in [-0.4, -0.2) is 11.6 Å². The van der Waals surface area contributed by atoms with Crippen molar-refractivity contribution in [2.24, 2.45) is 0 Å². The van der Waals surface area contributed by atoms with Crippen molar-refractivity contribution < 1.29 is 9.59 Å². The van der Waals surface area contributed by atoms with E-state index < -0.39 is 0 Å². The molecule has 2 rings (SSSR count). The molecule has 2 nitrogen and oxygen atoms in total. The van der Waals surface area contributed by atoms with E-state index in [1.807, 2.05) is 6.07 Å². The predicted octanol–water partition coefficient (Wildman–Crippen LogP) is 3.90. The van der Waals surface area contributed by atoms with Gasteiger partial charge in [0.05, 0.1) is 6.42 Å². The molecule has 0 radical (unpaired) electrons. The van der Waals surface area contributed by atoms with E-state index in [1.165, 1.54) is 0 Å². The van der Waals surface area contributed by atoms with Crippen LogP contribution < -0.4 is 0 Å². The Morgan fingerprint density at radius 2 is 1.28 bits per heavy atom. The highest BCUT2D eigenvalue weighted by Crippen LogP contribution is 2.13. The molecule has 0 N–H and O–H groups in total. The van der Waals surface area contributed by atoms with Crippen LogP contribution in [0.2, 0.25) is 0 Å². The summed E-state index contributed by atoms with van der Waals surface area (Å²) in [5.41, 5.74) is 1.13. The number of halogens is 1. The fourth-order valence-electron chi connectivity index (χ4n) is 1.61. The molecule has 0 unspecified atom stereocenters. The lowest BCUT2D eigenvalue weighted by Crippen LogP contribution is -2.08. The summed E-state index contributed by atoms with van der Waals surface area (Å²) < 4.78 is 0.911. The standard InChI is InChI=1S/C15H11BrO2/c16-13-8-6-12(7-9-13)15(18)10-14(17)11-4-2-1-3-5-11/h1-9H,10H2. The zero-order valence-electron chi connectivity index (χ0n) is 9.60. The highest BCUT2D eigenvalue weighted by molar-refractivity contribution is 9.10. The van der Waals surface area contributed by atoms with Gasteiger partial charge in [0.15, 0.2) is 11.6 Å². The fourth-order valence-corrected chi connectivity index (χ4v) is 1.87. The SMILES string of the molecule is O=C(CC(=O)c1ccc(Br)cc1)c1ccccc1. The molecule has 0 bridgehead atoms. The van der Waals surface area contributed by atoms with Gasteiger partial charge in [-0.3, -0.25) is 9.59 Å². The lowest BCUT2D eigenvalue weighted by Gasteiger charge is -2.01. The van der Waals surface area contributed by atoms with Gasteiger partial charge in [-0.05, 0) is 12.1 Å². The number of carbonyl (C=O) groups is 2. The molecule has 0 amide bonds. The third-order valence-electron chi connectivity index (χ3n) is 2.58. The first-order chi connectivity index (χ1) is 8.66. The second kappa shape index (κ2) is 5.74. The van der Waals surface area contributed by atoms with Gasteiger partial charge < -0.3 is 0 Å². The van der Waals surface area contributed by atoms with Crippen molar-refractivity contribution in [3.8, 4) is 0 Å². The quantitative estimate of drug-likeness (QED) is 0.634. The maximum atomic E-state index is 11.9. The van der Waals surface area contributed by atoms with Gasteiger partial charge in [-0.2, -0.15) is 0 Å². The molecule has 0 aromatic heterocycles. The molecule has 0 spiro atoms. The minimum absolute atomic E-state index is 0.0916. The topological polar surface area (TPSA) is 34.1 Å². The Hall–Kier alpha value is -1.74. The van der Waals surface area contributed by atoms with E-state index in [1.54, 1.807) is 48.5 Å². The first-order valence-corrected chi connectivity index (χ1v) is 6.33. The van der Waals surface area contributed by atoms with Gasteiger partial charge in [-0.15, -0.1) is 0 Å². The van der Waals surface area contributed by atoms with E-state index in [0.29, 0.717) is 11.1 Å². The monoisotopic (exact) mass is 302 g/mol. The maximum absolute atomic E-state index is 11.9. The Bertz CT molecular complexity index is 559. The third kappa shape index (κ3) is 3.14. The summed E-state index contributed by atoms with van der Waals surface area (Å²) in [6.07, 6.45) is -0.0916. The number of hydrogen-bond donors (Lipinski definition) is 0. The van der Waals surface area contributed by atoms with E-state index in [4.69, 9.17) is 0 Å². The molecule has 0 saturated heterocycles. The number of benzene rings is 2. The van der Waals surface area contributed by atoms with Crippen LogP contribution in [0.25, 0.3) is 0 Å². The summed E-state index contributed by atoms with van der Waals surface area (Å²) in [4.78, 5) is 23.8. The zero-order valence-corrected chi connectivity index (χ0v) is 11.2. The third-order valence-corrected chi connectivity index (χ3v) is 3.11. The Morgan fingerprint density at radius 1 is 0.778 bits per heavy atom. The molecule has 0 aliphatic heterocycles. The first kappa shape index (κ1) is 12.7. The van der Waals surface area contributed by atoms with Gasteiger partial charge in [-0.25, -0.2) is 0 Å². The molecule has 2 aromatic carbocycles. The van der Waals surface area contributed by atoms with Gasteiger partial charge in [0.2, 0.25) is 0 Å². The van der Waals surface area contributed by atoms with Crippen LogP contribution in [0, 0.1) is 0 Å². The van der Waals surface area contributed by atoms with E-state index >= 15 is 0 Å². The van der Waals surface area contributed by atoms with Crippen LogP contribution in [0.3, 0.4) is 0 Å². The predicted molar refractivity (Wildman–Crippen MR) is 73.9 cm³/mol. The molecule has 90 valence electrons. The van der Waals surface area contributed by atoms with Crippen LogP contribution in [0.1, 0.15) is 27.1 Å². The Labute approximate surface area is 114 Å². The first-order valence-electron chi connectivity index (χ1n) is 5.54. The van der Waals surface area contributed by atoms with Gasteiger partial charge in [0, 0.05) is 15.6 Å². The molecule has 0 aliphatic rings. The second-order valence-corrected chi connectivity index (χ2v) is 4.81. The van der Waals surface area contributed by atoms with Crippen LogP contribution in [-0.2, 0) is 0 Å². The highest BCUT2D eigenvalue weighted by Gasteiger charge is 2.13. The largest absolute Gasteiger partial charge is 0.294 e. The van der Waals surface area contributed by atoms with E-state index in [0.717, 1.165) is 4.47 Å². The molecule has 18 heavy (non-hydrogen) atoms. The van der Waals surface area contributed by atoms with Crippen molar-refractivity contribution in [2.75, 3.05) is 0 Å². The molecule has 0 fully saturated rings. The molecule has 0 atom stereocenters. The lowest BCUT2D eigenvalue weighted by molar-refractivity contribution is 0.0894. The Morgan fingerprint density at radius 3 is 1.83 bits per heavy atom. The smallest absolute Gasteiger partial charge is 0.170 e. The molecule has 0 heterocycles.